The van der Waals surface area contributed by atoms with Gasteiger partial charge in [-0.2, -0.15) is 0 Å². The number of carbonyl (C=O) groups excluding carboxylic acids is 6. The van der Waals surface area contributed by atoms with E-state index in [4.69, 9.17) is 47.9 Å². The van der Waals surface area contributed by atoms with E-state index in [1.807, 2.05) is 109 Å². The second-order valence-corrected chi connectivity index (χ2v) is 22.1. The Bertz CT molecular complexity index is 3200. The molecule has 3 aliphatic rings. The Kier molecular flexibility index (Phi) is 23.1. The molecule has 1 aliphatic carbocycles. The summed E-state index contributed by atoms with van der Waals surface area (Å²) in [7, 11) is 0. The number of aliphatic imine (C=N–C) groups is 1. The van der Waals surface area contributed by atoms with Crippen molar-refractivity contribution in [3.8, 4) is 11.1 Å². The molecule has 2 saturated heterocycles. The summed E-state index contributed by atoms with van der Waals surface area (Å²) in [5.74, 6) is -0.0576. The maximum atomic E-state index is 13.0. The maximum Gasteiger partial charge on any atom is 0.411 e. The Morgan fingerprint density at radius 1 is 0.619 bits per heavy atom. The smallest absolute Gasteiger partial charge is 0.411 e. The fourth-order valence-electron chi connectivity index (χ4n) is 9.85. The number of hydrogen-bond acceptors (Lipinski definition) is 12. The maximum absolute atomic E-state index is 13.0. The summed E-state index contributed by atoms with van der Waals surface area (Å²) in [4.78, 5) is 79.6. The molecule has 20 heteroatoms. The lowest BCUT2D eigenvalue weighted by Gasteiger charge is -2.28. The van der Waals surface area contributed by atoms with E-state index in [2.05, 4.69) is 64.4 Å². The molecule has 0 spiro atoms. The van der Waals surface area contributed by atoms with E-state index in [1.54, 1.807) is 37.8 Å². The summed E-state index contributed by atoms with van der Waals surface area (Å²) in [6.45, 7) is 10.9. The standard InChI is InChI=1S/C34H39N3O6.C22H27ClN4O3.C8H6ClNO/c1-5-22-14-16-23(17-15-22)35-31(38)41-20-25-18-24(19-37(25)33(40)43-34(2,3)4)36-32(39)42-21-30-28-12-8-6-10-26(28)27-11-7-9-13-29(27)30;1-2-15-7-9-18(10-8-15)26-22(29)30-14-19-11-17(24)13-27(19)21(28)25-12-16-5-3-4-6-20(16)23;9-8-4-2-1-3-7(8)5-10-6-11/h6-17,24-25,30H,5,18-21H2,1-4H3,(H,35,38)(H,36,39);3-10,17,19H,2,11-14,24H2,1H3,(H,25,28)(H,26,29);1-4H,5H2/t24-,25+;17-,19+;/m11./s1. The minimum atomic E-state index is -0.706. The van der Waals surface area contributed by atoms with Gasteiger partial charge in [0, 0.05) is 53.0 Å². The first-order valence-corrected chi connectivity index (χ1v) is 28.6. The average molecular weight is 1180 g/mol. The number of amides is 6. The van der Waals surface area contributed by atoms with E-state index in [0.717, 1.165) is 51.8 Å². The fraction of sp³-hybridized carbons (Fsp3) is 0.344. The number of aryl methyl sites for hydroxylation is 2. The number of nitrogens with two attached hydrogens (primary N) is 1. The quantitative estimate of drug-likeness (QED) is 0.0369. The molecule has 6 aromatic carbocycles. The van der Waals surface area contributed by atoms with Gasteiger partial charge >= 0.3 is 30.4 Å². The molecular weight excluding hydrogens is 1110 g/mol. The van der Waals surface area contributed by atoms with Crippen molar-refractivity contribution in [3.63, 3.8) is 0 Å². The van der Waals surface area contributed by atoms with Crippen LogP contribution < -0.4 is 27.0 Å². The van der Waals surface area contributed by atoms with E-state index < -0.39 is 42.1 Å². The first-order valence-electron chi connectivity index (χ1n) is 27.9. The Morgan fingerprint density at radius 2 is 1.11 bits per heavy atom. The van der Waals surface area contributed by atoms with Gasteiger partial charge in [0.05, 0.1) is 24.7 Å². The van der Waals surface area contributed by atoms with Crippen LogP contribution in [0.1, 0.15) is 86.8 Å². The van der Waals surface area contributed by atoms with Crippen LogP contribution >= 0.6 is 23.2 Å². The van der Waals surface area contributed by atoms with Crippen molar-refractivity contribution in [2.75, 3.05) is 43.5 Å². The number of halogens is 2. The van der Waals surface area contributed by atoms with Crippen molar-refractivity contribution in [2.45, 2.75) is 109 Å². The van der Waals surface area contributed by atoms with Gasteiger partial charge in [-0.15, -0.1) is 0 Å². The SMILES string of the molecule is CCc1ccc(NC(=O)OC[C@@H]2C[C@@H](N)CN2C(=O)NCc2ccccc2Cl)cc1.CCc1ccc(NC(=O)OC[C@@H]2C[C@@H](NC(=O)OCC3c4ccccc4-c4ccccc43)CN2C(=O)OC(C)(C)C)cc1.O=C=NCc1ccccc1Cl. The van der Waals surface area contributed by atoms with Crippen molar-refractivity contribution < 1.29 is 47.7 Å². The highest BCUT2D eigenvalue weighted by atomic mass is 35.5. The third-order valence-corrected chi connectivity index (χ3v) is 14.8. The van der Waals surface area contributed by atoms with Crippen LogP contribution in [-0.4, -0.2) is 109 Å². The van der Waals surface area contributed by atoms with Crippen LogP contribution in [0.3, 0.4) is 0 Å². The van der Waals surface area contributed by atoms with Gasteiger partial charge in [-0.05, 0) is 127 Å². The number of carbonyl (C=O) groups is 5. The molecule has 4 atom stereocenters. The van der Waals surface area contributed by atoms with Crippen molar-refractivity contribution in [1.82, 2.24) is 20.4 Å². The molecule has 0 bridgehead atoms. The molecule has 6 N–H and O–H groups in total. The number of likely N-dealkylation sites (tertiary alicyclic amines) is 2. The normalized spacial score (nSPS) is 16.6. The van der Waals surface area contributed by atoms with Crippen molar-refractivity contribution in [2.24, 2.45) is 10.7 Å². The van der Waals surface area contributed by atoms with Crippen LogP contribution in [0.2, 0.25) is 10.0 Å². The number of nitrogens with zero attached hydrogens (tertiary/aromatic N) is 3. The first kappa shape index (κ1) is 63.2. The molecule has 18 nitrogen and oxygen atoms in total. The number of benzene rings is 6. The Hall–Kier alpha value is -8.41. The van der Waals surface area contributed by atoms with Gasteiger partial charge in [0.15, 0.2) is 0 Å². The number of alkyl carbamates (subject to hydrolysis) is 1. The van der Waals surface area contributed by atoms with E-state index in [1.165, 1.54) is 16.5 Å². The summed E-state index contributed by atoms with van der Waals surface area (Å²) in [6, 6.07) is 44.4. The zero-order valence-electron chi connectivity index (χ0n) is 47.8. The van der Waals surface area contributed by atoms with Crippen LogP contribution in [0.15, 0.2) is 151 Å². The molecule has 84 heavy (non-hydrogen) atoms. The minimum absolute atomic E-state index is 0.0546. The Balaban J connectivity index is 0.000000213. The highest BCUT2D eigenvalue weighted by Gasteiger charge is 2.40. The van der Waals surface area contributed by atoms with Crippen LogP contribution in [-0.2, 0) is 49.7 Å². The van der Waals surface area contributed by atoms with Gasteiger partial charge in [0.1, 0.15) is 25.4 Å². The average Bonchev–Trinajstić information content (AvgIpc) is 2.25. The number of rotatable bonds is 15. The highest BCUT2D eigenvalue weighted by Crippen LogP contribution is 2.44. The number of isocyanates is 1. The van der Waals surface area contributed by atoms with Crippen LogP contribution in [0.5, 0.6) is 0 Å². The van der Waals surface area contributed by atoms with Crippen LogP contribution in [0.25, 0.3) is 11.1 Å². The molecule has 9 rings (SSSR count). The highest BCUT2D eigenvalue weighted by molar-refractivity contribution is 6.31. The summed E-state index contributed by atoms with van der Waals surface area (Å²) in [6.07, 6.45) is 1.96. The number of anilines is 2. The molecular formula is C64H72Cl2N8O10. The minimum Gasteiger partial charge on any atom is -0.449 e. The number of ether oxygens (including phenoxy) is 4. The largest absolute Gasteiger partial charge is 0.449 e. The number of hydrogen-bond donors (Lipinski definition) is 5. The molecule has 0 saturated carbocycles. The zero-order valence-corrected chi connectivity index (χ0v) is 49.3. The Morgan fingerprint density at radius 3 is 1.62 bits per heavy atom. The summed E-state index contributed by atoms with van der Waals surface area (Å²) in [5.41, 5.74) is 15.2. The topological polar surface area (TPSA) is 232 Å². The second kappa shape index (κ2) is 30.8. The third kappa shape index (κ3) is 18.5. The number of fused-ring (bicyclic) bond motifs is 3. The lowest BCUT2D eigenvalue weighted by atomic mass is 9.98. The molecule has 0 aromatic heterocycles. The first-order chi connectivity index (χ1) is 40.4. The molecule has 2 heterocycles. The summed E-state index contributed by atoms with van der Waals surface area (Å²) >= 11 is 11.9. The summed E-state index contributed by atoms with van der Waals surface area (Å²) < 4.78 is 22.1. The molecule has 2 aliphatic heterocycles. The van der Waals surface area contributed by atoms with Crippen molar-refractivity contribution in [1.29, 1.82) is 0 Å². The third-order valence-electron chi connectivity index (χ3n) is 14.1. The monoisotopic (exact) mass is 1180 g/mol. The lowest BCUT2D eigenvalue weighted by Crippen LogP contribution is -2.45. The van der Waals surface area contributed by atoms with Gasteiger partial charge in [0.2, 0.25) is 6.08 Å². The number of urea groups is 1. The lowest BCUT2D eigenvalue weighted by molar-refractivity contribution is 0.0162. The van der Waals surface area contributed by atoms with E-state index in [-0.39, 0.29) is 50.4 Å². The van der Waals surface area contributed by atoms with Crippen LogP contribution in [0, 0.1) is 0 Å². The number of nitrogens with one attached hydrogen (secondary N) is 4. The zero-order chi connectivity index (χ0) is 60.2. The second-order valence-electron chi connectivity index (χ2n) is 21.3. The molecule has 442 valence electrons. The van der Waals surface area contributed by atoms with Crippen molar-refractivity contribution in [3.05, 3.63) is 189 Å². The molecule has 6 amide bonds. The van der Waals surface area contributed by atoms with Gasteiger partial charge in [-0.1, -0.05) is 146 Å². The predicted molar refractivity (Wildman–Crippen MR) is 325 cm³/mol. The Labute approximate surface area is 500 Å². The molecule has 0 unspecified atom stereocenters. The fourth-order valence-corrected chi connectivity index (χ4v) is 10.2. The molecule has 6 aromatic rings. The van der Waals surface area contributed by atoms with E-state index in [0.29, 0.717) is 53.9 Å². The van der Waals surface area contributed by atoms with Gasteiger partial charge in [0.25, 0.3) is 0 Å². The van der Waals surface area contributed by atoms with E-state index in [9.17, 15) is 28.8 Å². The molecule has 0 radical (unpaired) electrons. The van der Waals surface area contributed by atoms with Gasteiger partial charge in [-0.3, -0.25) is 15.5 Å². The van der Waals surface area contributed by atoms with E-state index >= 15 is 0 Å². The predicted octanol–water partition coefficient (Wildman–Crippen LogP) is 12.7. The van der Waals surface area contributed by atoms with Gasteiger partial charge < -0.3 is 40.2 Å². The van der Waals surface area contributed by atoms with Crippen molar-refractivity contribution >= 4 is 71.1 Å². The summed E-state index contributed by atoms with van der Waals surface area (Å²) in [5, 5.41) is 12.4. The van der Waals surface area contributed by atoms with Crippen LogP contribution in [0.4, 0.5) is 35.3 Å². The molecule has 2 fully saturated rings. The van der Waals surface area contributed by atoms with Gasteiger partial charge in [-0.25, -0.2) is 33.8 Å².